The Morgan fingerprint density at radius 1 is 1.38 bits per heavy atom. The highest BCUT2D eigenvalue weighted by atomic mass is 15.3. The van der Waals surface area contributed by atoms with Crippen LogP contribution in [0.5, 0.6) is 0 Å². The fourth-order valence-corrected chi connectivity index (χ4v) is 2.91. The highest BCUT2D eigenvalue weighted by Crippen LogP contribution is 2.32. The number of hydrogen-bond acceptors (Lipinski definition) is 4. The lowest BCUT2D eigenvalue weighted by atomic mass is 10.0. The van der Waals surface area contributed by atoms with Gasteiger partial charge in [-0.25, -0.2) is 9.97 Å². The molecule has 2 aromatic heterocycles. The van der Waals surface area contributed by atoms with E-state index in [-0.39, 0.29) is 6.04 Å². The van der Waals surface area contributed by atoms with Crippen molar-refractivity contribution < 1.29 is 0 Å². The molecule has 5 nitrogen and oxygen atoms in total. The molecule has 0 aromatic carbocycles. The van der Waals surface area contributed by atoms with E-state index in [0.717, 1.165) is 12.5 Å². The summed E-state index contributed by atoms with van der Waals surface area (Å²) in [6, 6.07) is 2.33. The van der Waals surface area contributed by atoms with Crippen molar-refractivity contribution in [1.82, 2.24) is 19.7 Å². The lowest BCUT2D eigenvalue weighted by Crippen LogP contribution is -2.18. The Balaban J connectivity index is 1.61. The van der Waals surface area contributed by atoms with Crippen LogP contribution in [0, 0.1) is 6.92 Å². The van der Waals surface area contributed by atoms with Crippen LogP contribution in [0.25, 0.3) is 0 Å². The van der Waals surface area contributed by atoms with Gasteiger partial charge in [-0.05, 0) is 38.3 Å². The molecule has 0 radical (unpaired) electrons. The van der Waals surface area contributed by atoms with Gasteiger partial charge in [0.2, 0.25) is 5.95 Å². The van der Waals surface area contributed by atoms with Gasteiger partial charge >= 0.3 is 0 Å². The van der Waals surface area contributed by atoms with E-state index >= 15 is 0 Å². The number of nitrogens with one attached hydrogen (secondary N) is 1. The van der Waals surface area contributed by atoms with Crippen molar-refractivity contribution in [2.75, 3.05) is 11.9 Å². The number of aryl methyl sites for hydroxylation is 1. The Morgan fingerprint density at radius 2 is 2.19 bits per heavy atom. The van der Waals surface area contributed by atoms with Gasteiger partial charge in [-0.2, -0.15) is 5.10 Å². The molecule has 5 heteroatoms. The zero-order chi connectivity index (χ0) is 14.7. The molecule has 0 spiro atoms. The predicted molar refractivity (Wildman–Crippen MR) is 83.4 cm³/mol. The topological polar surface area (TPSA) is 55.6 Å². The van der Waals surface area contributed by atoms with Crippen LogP contribution in [0.2, 0.25) is 0 Å². The molecule has 0 unspecified atom stereocenters. The van der Waals surface area contributed by atoms with Gasteiger partial charge in [-0.1, -0.05) is 12.8 Å². The summed E-state index contributed by atoms with van der Waals surface area (Å²) in [7, 11) is 0. The van der Waals surface area contributed by atoms with Gasteiger partial charge in [0.05, 0.1) is 12.2 Å². The fourth-order valence-electron chi connectivity index (χ4n) is 2.91. The molecule has 1 aliphatic carbocycles. The van der Waals surface area contributed by atoms with Crippen LogP contribution >= 0.6 is 0 Å². The van der Waals surface area contributed by atoms with Gasteiger partial charge in [-0.3, -0.25) is 4.68 Å². The molecule has 1 fully saturated rings. The summed E-state index contributed by atoms with van der Waals surface area (Å²) in [6.07, 6.45) is 11.0. The molecule has 0 bridgehead atoms. The molecule has 0 aliphatic heterocycles. The first-order valence-electron chi connectivity index (χ1n) is 7.80. The van der Waals surface area contributed by atoms with E-state index in [1.54, 1.807) is 0 Å². The predicted octanol–water partition coefficient (Wildman–Crippen LogP) is 3.31. The highest BCUT2D eigenvalue weighted by molar-refractivity contribution is 5.26. The third-order valence-electron chi connectivity index (χ3n) is 4.19. The Kier molecular flexibility index (Phi) is 4.18. The van der Waals surface area contributed by atoms with Crippen molar-refractivity contribution in [1.29, 1.82) is 0 Å². The molecule has 1 atom stereocenters. The molecule has 112 valence electrons. The molecule has 0 amide bonds. The summed E-state index contributed by atoms with van der Waals surface area (Å²) in [5, 5.41) is 7.68. The minimum Gasteiger partial charge on any atom is -0.352 e. The van der Waals surface area contributed by atoms with Gasteiger partial charge in [0.15, 0.2) is 0 Å². The zero-order valence-electron chi connectivity index (χ0n) is 12.8. The summed E-state index contributed by atoms with van der Waals surface area (Å²) in [5.41, 5.74) is 2.37. The number of anilines is 1. The highest BCUT2D eigenvalue weighted by Gasteiger charge is 2.18. The van der Waals surface area contributed by atoms with Crippen LogP contribution < -0.4 is 5.32 Å². The van der Waals surface area contributed by atoms with Crippen LogP contribution in [0.15, 0.2) is 24.7 Å². The van der Waals surface area contributed by atoms with Gasteiger partial charge in [0.25, 0.3) is 0 Å². The Morgan fingerprint density at radius 3 is 2.90 bits per heavy atom. The van der Waals surface area contributed by atoms with Gasteiger partial charge < -0.3 is 5.32 Å². The van der Waals surface area contributed by atoms with E-state index in [1.807, 2.05) is 17.1 Å². The van der Waals surface area contributed by atoms with E-state index in [9.17, 15) is 0 Å². The van der Waals surface area contributed by atoms with Crippen LogP contribution in [0.1, 0.15) is 55.8 Å². The first-order valence-corrected chi connectivity index (χ1v) is 7.80. The Hall–Kier alpha value is -1.91. The number of hydrogen-bond donors (Lipinski definition) is 1. The molecule has 0 saturated heterocycles. The molecule has 1 saturated carbocycles. The van der Waals surface area contributed by atoms with E-state index < -0.39 is 0 Å². The maximum absolute atomic E-state index is 4.67. The van der Waals surface area contributed by atoms with E-state index in [0.29, 0.717) is 5.92 Å². The Bertz CT molecular complexity index is 586. The molecule has 2 heterocycles. The third-order valence-corrected chi connectivity index (χ3v) is 4.19. The maximum Gasteiger partial charge on any atom is 0.222 e. The summed E-state index contributed by atoms with van der Waals surface area (Å²) in [5.74, 6) is 1.36. The first-order chi connectivity index (χ1) is 10.2. The molecular formula is C16H23N5. The average molecular weight is 285 g/mol. The van der Waals surface area contributed by atoms with Crippen molar-refractivity contribution in [2.24, 2.45) is 0 Å². The maximum atomic E-state index is 4.67. The monoisotopic (exact) mass is 285 g/mol. The second-order valence-corrected chi connectivity index (χ2v) is 6.01. The minimum atomic E-state index is 0.275. The standard InChI is InChI=1S/C16H23N5/c1-12-9-19-21(11-12)13(2)10-18-16-17-8-7-15(20-16)14-5-3-4-6-14/h7-9,11,13-14H,3-6,10H2,1-2H3,(H,17,18,20)/t13-/m0/s1. The number of nitrogens with zero attached hydrogens (tertiary/aromatic N) is 4. The largest absolute Gasteiger partial charge is 0.352 e. The summed E-state index contributed by atoms with van der Waals surface area (Å²) in [6.45, 7) is 4.97. The van der Waals surface area contributed by atoms with Crippen LogP contribution in [-0.2, 0) is 0 Å². The molecular weight excluding hydrogens is 262 g/mol. The van der Waals surface area contributed by atoms with Crippen LogP contribution in [0.3, 0.4) is 0 Å². The molecule has 21 heavy (non-hydrogen) atoms. The number of aromatic nitrogens is 4. The quantitative estimate of drug-likeness (QED) is 0.915. The normalized spacial score (nSPS) is 17.0. The zero-order valence-corrected chi connectivity index (χ0v) is 12.8. The van der Waals surface area contributed by atoms with Crippen molar-refractivity contribution in [3.63, 3.8) is 0 Å². The SMILES string of the molecule is Cc1cnn([C@@H](C)CNc2nccc(C3CCCC3)n2)c1. The molecule has 1 N–H and O–H groups in total. The van der Waals surface area contributed by atoms with E-state index in [4.69, 9.17) is 0 Å². The smallest absolute Gasteiger partial charge is 0.222 e. The lowest BCUT2D eigenvalue weighted by Gasteiger charge is -2.14. The van der Waals surface area contributed by atoms with Crippen molar-refractivity contribution in [3.8, 4) is 0 Å². The van der Waals surface area contributed by atoms with E-state index in [2.05, 4.69) is 46.5 Å². The second-order valence-electron chi connectivity index (χ2n) is 6.01. The van der Waals surface area contributed by atoms with Gasteiger partial charge in [-0.15, -0.1) is 0 Å². The van der Waals surface area contributed by atoms with Crippen molar-refractivity contribution in [2.45, 2.75) is 51.5 Å². The fraction of sp³-hybridized carbons (Fsp3) is 0.562. The summed E-state index contributed by atoms with van der Waals surface area (Å²) < 4.78 is 1.98. The van der Waals surface area contributed by atoms with Crippen molar-refractivity contribution in [3.05, 3.63) is 35.9 Å². The molecule has 2 aromatic rings. The van der Waals surface area contributed by atoms with E-state index in [1.165, 1.54) is 36.9 Å². The lowest BCUT2D eigenvalue weighted by molar-refractivity contribution is 0.511. The Labute approximate surface area is 125 Å². The summed E-state index contributed by atoms with van der Waals surface area (Å²) >= 11 is 0. The van der Waals surface area contributed by atoms with Crippen LogP contribution in [0.4, 0.5) is 5.95 Å². The molecule has 1 aliphatic rings. The summed E-state index contributed by atoms with van der Waals surface area (Å²) in [4.78, 5) is 9.00. The van der Waals surface area contributed by atoms with Gasteiger partial charge in [0, 0.05) is 30.6 Å². The first kappa shape index (κ1) is 14.0. The average Bonchev–Trinajstić information content (AvgIpc) is 3.16. The molecule has 3 rings (SSSR count). The second kappa shape index (κ2) is 6.24. The van der Waals surface area contributed by atoms with Crippen molar-refractivity contribution >= 4 is 5.95 Å². The van der Waals surface area contributed by atoms with Gasteiger partial charge in [0.1, 0.15) is 0 Å². The third kappa shape index (κ3) is 3.40. The number of rotatable bonds is 5. The minimum absolute atomic E-state index is 0.275. The van der Waals surface area contributed by atoms with Crippen LogP contribution in [-0.4, -0.2) is 26.3 Å².